The molecular formula is C13H28N2O4. The molecule has 0 aliphatic heterocycles. The van der Waals surface area contributed by atoms with Gasteiger partial charge in [0.15, 0.2) is 0 Å². The molecular weight excluding hydrogens is 248 g/mol. The first-order valence-corrected chi connectivity index (χ1v) is 6.80. The highest BCUT2D eigenvalue weighted by molar-refractivity contribution is 5.75. The monoisotopic (exact) mass is 276 g/mol. The minimum Gasteiger partial charge on any atom is -0.385 e. The van der Waals surface area contributed by atoms with Crippen LogP contribution < -0.4 is 5.73 Å². The van der Waals surface area contributed by atoms with E-state index in [9.17, 15) is 4.79 Å². The molecule has 0 spiro atoms. The van der Waals surface area contributed by atoms with Gasteiger partial charge in [-0.25, -0.2) is 0 Å². The lowest BCUT2D eigenvalue weighted by Crippen LogP contribution is -2.29. The lowest BCUT2D eigenvalue weighted by Gasteiger charge is -2.16. The molecule has 0 saturated heterocycles. The number of nitrogens with two attached hydrogens (primary N) is 1. The second kappa shape index (κ2) is 13.7. The third-order valence-corrected chi connectivity index (χ3v) is 2.59. The number of ether oxygens (including phenoxy) is 3. The smallest absolute Gasteiger partial charge is 0.224 e. The maximum absolute atomic E-state index is 11.6. The van der Waals surface area contributed by atoms with Crippen molar-refractivity contribution in [2.45, 2.75) is 19.3 Å². The Bertz CT molecular complexity index is 215. The van der Waals surface area contributed by atoms with E-state index < -0.39 is 0 Å². The first-order valence-electron chi connectivity index (χ1n) is 6.80. The highest BCUT2D eigenvalue weighted by Gasteiger charge is 2.07. The number of carbonyl (C=O) groups excluding carboxylic acids is 1. The van der Waals surface area contributed by atoms with E-state index in [1.165, 1.54) is 0 Å². The molecule has 19 heavy (non-hydrogen) atoms. The van der Waals surface area contributed by atoms with E-state index in [2.05, 4.69) is 0 Å². The predicted octanol–water partition coefficient (Wildman–Crippen LogP) is 0.253. The zero-order valence-electron chi connectivity index (χ0n) is 12.2. The first kappa shape index (κ1) is 18.3. The van der Waals surface area contributed by atoms with Gasteiger partial charge in [0.2, 0.25) is 5.91 Å². The van der Waals surface area contributed by atoms with E-state index in [-0.39, 0.29) is 5.91 Å². The number of methoxy groups -OCH3 is 1. The van der Waals surface area contributed by atoms with Crippen molar-refractivity contribution in [2.24, 2.45) is 5.73 Å². The van der Waals surface area contributed by atoms with E-state index in [1.54, 1.807) is 19.1 Å². The standard InChI is InChI=1S/C13H28N2O4/c1-15(7-3-6-14)13(16)5-10-19-12-11-18-9-4-8-17-2/h3-12,14H2,1-2H3. The molecule has 6 nitrogen and oxygen atoms in total. The second-order valence-corrected chi connectivity index (χ2v) is 4.28. The fraction of sp³-hybridized carbons (Fsp3) is 0.923. The Hall–Kier alpha value is -0.690. The molecule has 0 aromatic carbocycles. The van der Waals surface area contributed by atoms with Crippen LogP contribution in [-0.2, 0) is 19.0 Å². The molecule has 0 saturated carbocycles. The molecule has 0 aliphatic rings. The van der Waals surface area contributed by atoms with Gasteiger partial charge < -0.3 is 24.8 Å². The van der Waals surface area contributed by atoms with Crippen molar-refractivity contribution in [3.8, 4) is 0 Å². The molecule has 6 heteroatoms. The van der Waals surface area contributed by atoms with Gasteiger partial charge in [-0.2, -0.15) is 0 Å². The fourth-order valence-electron chi connectivity index (χ4n) is 1.43. The van der Waals surface area contributed by atoms with Crippen LogP contribution in [0.1, 0.15) is 19.3 Å². The lowest BCUT2D eigenvalue weighted by atomic mass is 10.3. The first-order chi connectivity index (χ1) is 9.22. The molecule has 0 bridgehead atoms. The van der Waals surface area contributed by atoms with Crippen molar-refractivity contribution in [1.82, 2.24) is 4.90 Å². The molecule has 0 aliphatic carbocycles. The summed E-state index contributed by atoms with van der Waals surface area (Å²) in [6.45, 7) is 4.22. The van der Waals surface area contributed by atoms with Crippen molar-refractivity contribution in [2.75, 3.05) is 60.3 Å². The summed E-state index contributed by atoms with van der Waals surface area (Å²) in [5, 5.41) is 0. The summed E-state index contributed by atoms with van der Waals surface area (Å²) in [6.07, 6.45) is 2.13. The summed E-state index contributed by atoms with van der Waals surface area (Å²) in [6, 6.07) is 0. The normalized spacial score (nSPS) is 10.7. The Balaban J connectivity index is 3.27. The Morgan fingerprint density at radius 2 is 1.74 bits per heavy atom. The molecule has 0 rings (SSSR count). The number of hydrogen-bond acceptors (Lipinski definition) is 5. The van der Waals surface area contributed by atoms with E-state index in [0.29, 0.717) is 52.5 Å². The zero-order chi connectivity index (χ0) is 14.3. The Labute approximate surface area is 116 Å². The van der Waals surface area contributed by atoms with Crippen LogP contribution in [0.3, 0.4) is 0 Å². The summed E-state index contributed by atoms with van der Waals surface area (Å²) in [5.41, 5.74) is 5.39. The van der Waals surface area contributed by atoms with Crippen LogP contribution in [0.2, 0.25) is 0 Å². The predicted molar refractivity (Wildman–Crippen MR) is 74.1 cm³/mol. The average molecular weight is 276 g/mol. The number of rotatable bonds is 13. The molecule has 2 N–H and O–H groups in total. The maximum atomic E-state index is 11.6. The van der Waals surface area contributed by atoms with Gasteiger partial charge in [-0.05, 0) is 19.4 Å². The third kappa shape index (κ3) is 12.1. The SMILES string of the molecule is COCCCOCCOCCC(=O)N(C)CCCN. The Morgan fingerprint density at radius 3 is 2.37 bits per heavy atom. The minimum absolute atomic E-state index is 0.0921. The minimum atomic E-state index is 0.0921. The highest BCUT2D eigenvalue weighted by atomic mass is 16.5. The molecule has 0 unspecified atom stereocenters. The van der Waals surface area contributed by atoms with Gasteiger partial charge in [0.25, 0.3) is 0 Å². The van der Waals surface area contributed by atoms with Crippen LogP contribution in [0.5, 0.6) is 0 Å². The quantitative estimate of drug-likeness (QED) is 0.488. The van der Waals surface area contributed by atoms with Crippen molar-refractivity contribution >= 4 is 5.91 Å². The van der Waals surface area contributed by atoms with Crippen LogP contribution in [0.25, 0.3) is 0 Å². The van der Waals surface area contributed by atoms with Gasteiger partial charge in [0.05, 0.1) is 26.2 Å². The van der Waals surface area contributed by atoms with Crippen LogP contribution in [0.15, 0.2) is 0 Å². The van der Waals surface area contributed by atoms with Gasteiger partial charge in [-0.3, -0.25) is 4.79 Å². The van der Waals surface area contributed by atoms with Gasteiger partial charge in [-0.15, -0.1) is 0 Å². The maximum Gasteiger partial charge on any atom is 0.224 e. The van der Waals surface area contributed by atoms with Gasteiger partial charge in [-0.1, -0.05) is 0 Å². The molecule has 0 radical (unpaired) electrons. The molecule has 0 aromatic rings. The van der Waals surface area contributed by atoms with Crippen LogP contribution >= 0.6 is 0 Å². The summed E-state index contributed by atoms with van der Waals surface area (Å²) in [5.74, 6) is 0.0921. The molecule has 1 amide bonds. The van der Waals surface area contributed by atoms with Crippen molar-refractivity contribution < 1.29 is 19.0 Å². The topological polar surface area (TPSA) is 74.0 Å². The third-order valence-electron chi connectivity index (χ3n) is 2.59. The van der Waals surface area contributed by atoms with E-state index in [4.69, 9.17) is 19.9 Å². The zero-order valence-corrected chi connectivity index (χ0v) is 12.2. The fourth-order valence-corrected chi connectivity index (χ4v) is 1.43. The largest absolute Gasteiger partial charge is 0.385 e. The van der Waals surface area contributed by atoms with Crippen molar-refractivity contribution in [1.29, 1.82) is 0 Å². The van der Waals surface area contributed by atoms with Crippen LogP contribution in [0.4, 0.5) is 0 Å². The Morgan fingerprint density at radius 1 is 1.05 bits per heavy atom. The molecule has 114 valence electrons. The summed E-state index contributed by atoms with van der Waals surface area (Å²) < 4.78 is 15.6. The number of amides is 1. The van der Waals surface area contributed by atoms with Crippen LogP contribution in [-0.4, -0.2) is 71.1 Å². The summed E-state index contributed by atoms with van der Waals surface area (Å²) in [7, 11) is 3.46. The number of hydrogen-bond donors (Lipinski definition) is 1. The highest BCUT2D eigenvalue weighted by Crippen LogP contribution is 1.94. The lowest BCUT2D eigenvalue weighted by molar-refractivity contribution is -0.131. The number of carbonyl (C=O) groups is 1. The van der Waals surface area contributed by atoms with Gasteiger partial charge in [0, 0.05) is 33.9 Å². The molecule has 0 heterocycles. The van der Waals surface area contributed by atoms with Gasteiger partial charge >= 0.3 is 0 Å². The van der Waals surface area contributed by atoms with E-state index in [0.717, 1.165) is 12.8 Å². The molecule has 0 fully saturated rings. The van der Waals surface area contributed by atoms with Crippen molar-refractivity contribution in [3.05, 3.63) is 0 Å². The second-order valence-electron chi connectivity index (χ2n) is 4.28. The Kier molecular flexibility index (Phi) is 13.2. The summed E-state index contributed by atoms with van der Waals surface area (Å²) >= 11 is 0. The van der Waals surface area contributed by atoms with Crippen molar-refractivity contribution in [3.63, 3.8) is 0 Å². The van der Waals surface area contributed by atoms with Gasteiger partial charge in [0.1, 0.15) is 0 Å². The van der Waals surface area contributed by atoms with Crippen LogP contribution in [0, 0.1) is 0 Å². The average Bonchev–Trinajstić information content (AvgIpc) is 2.42. The number of nitrogens with zero attached hydrogens (tertiary/aromatic N) is 1. The molecule has 0 aromatic heterocycles. The van der Waals surface area contributed by atoms with E-state index in [1.807, 2.05) is 0 Å². The summed E-state index contributed by atoms with van der Waals surface area (Å²) in [4.78, 5) is 13.3. The van der Waals surface area contributed by atoms with E-state index >= 15 is 0 Å². The molecule has 0 atom stereocenters.